The highest BCUT2D eigenvalue weighted by atomic mass is 16.2. The van der Waals surface area contributed by atoms with E-state index in [9.17, 15) is 9.59 Å². The molecule has 3 nitrogen and oxygen atoms in total. The topological polar surface area (TPSA) is 46.2 Å². The summed E-state index contributed by atoms with van der Waals surface area (Å²) in [4.78, 5) is 22.6. The van der Waals surface area contributed by atoms with Crippen molar-refractivity contribution in [1.29, 1.82) is 0 Å². The normalized spacial score (nSPS) is 14.3. The summed E-state index contributed by atoms with van der Waals surface area (Å²) in [6, 6.07) is -0.421. The van der Waals surface area contributed by atoms with Crippen molar-refractivity contribution < 1.29 is 9.59 Å². The summed E-state index contributed by atoms with van der Waals surface area (Å²) >= 11 is 0. The van der Waals surface area contributed by atoms with E-state index in [4.69, 9.17) is 0 Å². The molecule has 2 unspecified atom stereocenters. The molecule has 0 rings (SSSR count). The van der Waals surface area contributed by atoms with Crippen LogP contribution in [0.15, 0.2) is 12.2 Å². The summed E-state index contributed by atoms with van der Waals surface area (Å²) in [5, 5.41) is 2.66. The Balaban J connectivity index is 4.62. The first-order valence-electron chi connectivity index (χ1n) is 4.87. The zero-order valence-corrected chi connectivity index (χ0v) is 9.39. The van der Waals surface area contributed by atoms with Gasteiger partial charge in [-0.2, -0.15) is 0 Å². The van der Waals surface area contributed by atoms with Crippen LogP contribution in [0.5, 0.6) is 0 Å². The third-order valence-electron chi connectivity index (χ3n) is 2.27. The predicted molar refractivity (Wildman–Crippen MR) is 56.9 cm³/mol. The van der Waals surface area contributed by atoms with Gasteiger partial charge in [0, 0.05) is 6.92 Å². The Hall–Kier alpha value is -1.12. The quantitative estimate of drug-likeness (QED) is 0.682. The first-order valence-corrected chi connectivity index (χ1v) is 4.87. The first-order chi connectivity index (χ1) is 6.40. The lowest BCUT2D eigenvalue weighted by Crippen LogP contribution is -2.44. The van der Waals surface area contributed by atoms with Crippen LogP contribution >= 0.6 is 0 Å². The average Bonchev–Trinajstić information content (AvgIpc) is 2.11. The Morgan fingerprint density at radius 1 is 1.36 bits per heavy atom. The fourth-order valence-corrected chi connectivity index (χ4v) is 1.19. The second-order valence-corrected chi connectivity index (χ2v) is 3.71. The standard InChI is InChI=1S/C11H19NO2/c1-6-8(4)10(12-9(5)13)11(14)7(2)3/h8,10H,2,6H2,1,3-5H3,(H,12,13). The largest absolute Gasteiger partial charge is 0.346 e. The molecule has 0 saturated carbocycles. The summed E-state index contributed by atoms with van der Waals surface area (Å²) in [7, 11) is 0. The molecular formula is C11H19NO2. The molecule has 0 spiro atoms. The first kappa shape index (κ1) is 12.9. The minimum atomic E-state index is -0.421. The van der Waals surface area contributed by atoms with Crippen molar-refractivity contribution in [3.05, 3.63) is 12.2 Å². The molecule has 0 aromatic carbocycles. The van der Waals surface area contributed by atoms with Crippen LogP contribution in [0, 0.1) is 5.92 Å². The number of carbonyl (C=O) groups excluding carboxylic acids is 2. The Bertz CT molecular complexity index is 246. The maximum Gasteiger partial charge on any atom is 0.217 e. The maximum atomic E-state index is 11.7. The van der Waals surface area contributed by atoms with E-state index >= 15 is 0 Å². The van der Waals surface area contributed by atoms with Gasteiger partial charge >= 0.3 is 0 Å². The molecule has 0 aliphatic heterocycles. The fourth-order valence-electron chi connectivity index (χ4n) is 1.19. The van der Waals surface area contributed by atoms with Gasteiger partial charge in [-0.3, -0.25) is 9.59 Å². The molecule has 0 bridgehead atoms. The molecule has 1 N–H and O–H groups in total. The van der Waals surface area contributed by atoms with Crippen molar-refractivity contribution in [2.45, 2.75) is 40.2 Å². The van der Waals surface area contributed by atoms with Gasteiger partial charge in [0.1, 0.15) is 0 Å². The molecule has 0 saturated heterocycles. The zero-order valence-electron chi connectivity index (χ0n) is 9.39. The monoisotopic (exact) mass is 197 g/mol. The molecule has 0 aliphatic carbocycles. The summed E-state index contributed by atoms with van der Waals surface area (Å²) in [6.07, 6.45) is 0.851. The molecule has 0 radical (unpaired) electrons. The van der Waals surface area contributed by atoms with Crippen molar-refractivity contribution >= 4 is 11.7 Å². The highest BCUT2D eigenvalue weighted by Crippen LogP contribution is 2.11. The van der Waals surface area contributed by atoms with E-state index in [1.807, 2.05) is 13.8 Å². The molecular weight excluding hydrogens is 178 g/mol. The Kier molecular flexibility index (Phi) is 5.13. The van der Waals surface area contributed by atoms with Gasteiger partial charge in [0.15, 0.2) is 5.78 Å². The Morgan fingerprint density at radius 3 is 2.14 bits per heavy atom. The number of nitrogens with one attached hydrogen (secondary N) is 1. The minimum Gasteiger partial charge on any atom is -0.346 e. The van der Waals surface area contributed by atoms with Gasteiger partial charge in [-0.1, -0.05) is 26.8 Å². The van der Waals surface area contributed by atoms with E-state index in [1.165, 1.54) is 6.92 Å². The molecule has 0 aliphatic rings. The number of Topliss-reactive ketones (excluding diaryl/α,β-unsaturated/α-hetero) is 1. The van der Waals surface area contributed by atoms with Crippen molar-refractivity contribution in [3.63, 3.8) is 0 Å². The Morgan fingerprint density at radius 2 is 1.86 bits per heavy atom. The SMILES string of the molecule is C=C(C)C(=O)C(NC(C)=O)C(C)CC. The zero-order chi connectivity index (χ0) is 11.3. The molecule has 0 fully saturated rings. The summed E-state index contributed by atoms with van der Waals surface area (Å²) in [5.74, 6) is -0.109. The van der Waals surface area contributed by atoms with Gasteiger partial charge in [-0.05, 0) is 18.4 Å². The number of ketones is 1. The summed E-state index contributed by atoms with van der Waals surface area (Å²) in [5.41, 5.74) is 0.490. The van der Waals surface area contributed by atoms with Crippen LogP contribution in [0.2, 0.25) is 0 Å². The number of rotatable bonds is 5. The van der Waals surface area contributed by atoms with Gasteiger partial charge in [0.25, 0.3) is 0 Å². The van der Waals surface area contributed by atoms with Crippen molar-refractivity contribution in [3.8, 4) is 0 Å². The van der Waals surface area contributed by atoms with Gasteiger partial charge in [-0.25, -0.2) is 0 Å². The fraction of sp³-hybridized carbons (Fsp3) is 0.636. The lowest BCUT2D eigenvalue weighted by molar-refractivity contribution is -0.125. The van der Waals surface area contributed by atoms with Crippen molar-refractivity contribution in [2.24, 2.45) is 5.92 Å². The van der Waals surface area contributed by atoms with Crippen LogP contribution < -0.4 is 5.32 Å². The highest BCUT2D eigenvalue weighted by molar-refractivity contribution is 6.00. The van der Waals surface area contributed by atoms with Crippen molar-refractivity contribution in [2.75, 3.05) is 0 Å². The van der Waals surface area contributed by atoms with E-state index in [2.05, 4.69) is 11.9 Å². The second-order valence-electron chi connectivity index (χ2n) is 3.71. The van der Waals surface area contributed by atoms with Gasteiger partial charge < -0.3 is 5.32 Å². The molecule has 14 heavy (non-hydrogen) atoms. The molecule has 80 valence electrons. The van der Waals surface area contributed by atoms with E-state index in [1.54, 1.807) is 6.92 Å². The van der Waals surface area contributed by atoms with E-state index in [0.717, 1.165) is 6.42 Å². The van der Waals surface area contributed by atoms with Crippen LogP contribution in [0.25, 0.3) is 0 Å². The van der Waals surface area contributed by atoms with Gasteiger partial charge in [-0.15, -0.1) is 0 Å². The molecule has 3 heteroatoms. The lowest BCUT2D eigenvalue weighted by Gasteiger charge is -2.22. The molecule has 0 aromatic heterocycles. The summed E-state index contributed by atoms with van der Waals surface area (Å²) < 4.78 is 0. The molecule has 0 heterocycles. The molecule has 0 aromatic rings. The number of hydrogen-bond donors (Lipinski definition) is 1. The number of carbonyl (C=O) groups is 2. The van der Waals surface area contributed by atoms with Crippen LogP contribution in [0.3, 0.4) is 0 Å². The number of hydrogen-bond acceptors (Lipinski definition) is 2. The van der Waals surface area contributed by atoms with E-state index < -0.39 is 6.04 Å². The van der Waals surface area contributed by atoms with Crippen LogP contribution in [0.4, 0.5) is 0 Å². The highest BCUT2D eigenvalue weighted by Gasteiger charge is 2.24. The average molecular weight is 197 g/mol. The van der Waals surface area contributed by atoms with E-state index in [-0.39, 0.29) is 17.6 Å². The third-order valence-corrected chi connectivity index (χ3v) is 2.27. The summed E-state index contributed by atoms with van der Waals surface area (Å²) in [6.45, 7) is 10.6. The lowest BCUT2D eigenvalue weighted by atomic mass is 9.92. The van der Waals surface area contributed by atoms with Crippen LogP contribution in [-0.4, -0.2) is 17.7 Å². The van der Waals surface area contributed by atoms with Gasteiger partial charge in [0.2, 0.25) is 5.91 Å². The van der Waals surface area contributed by atoms with Crippen LogP contribution in [-0.2, 0) is 9.59 Å². The smallest absolute Gasteiger partial charge is 0.217 e. The maximum absolute atomic E-state index is 11.7. The number of amides is 1. The van der Waals surface area contributed by atoms with E-state index in [0.29, 0.717) is 5.57 Å². The molecule has 2 atom stereocenters. The third kappa shape index (κ3) is 3.73. The van der Waals surface area contributed by atoms with Crippen LogP contribution in [0.1, 0.15) is 34.1 Å². The Labute approximate surface area is 85.6 Å². The van der Waals surface area contributed by atoms with Gasteiger partial charge in [0.05, 0.1) is 6.04 Å². The van der Waals surface area contributed by atoms with Crippen molar-refractivity contribution in [1.82, 2.24) is 5.32 Å². The molecule has 1 amide bonds. The second kappa shape index (κ2) is 5.58. The minimum absolute atomic E-state index is 0.0745. The predicted octanol–water partition coefficient (Wildman–Crippen LogP) is 1.68.